The summed E-state index contributed by atoms with van der Waals surface area (Å²) in [5, 5.41) is 0. The van der Waals surface area contributed by atoms with Crippen LogP contribution in [0.3, 0.4) is 0 Å². The lowest BCUT2D eigenvalue weighted by atomic mass is 9.97. The molecule has 2 heterocycles. The smallest absolute Gasteiger partial charge is 0.338 e. The summed E-state index contributed by atoms with van der Waals surface area (Å²) in [6.45, 7) is 2.96. The highest BCUT2D eigenvalue weighted by Gasteiger charge is 2.59. The number of hydrogen-bond donors (Lipinski definition) is 0. The molecule has 18 heavy (non-hydrogen) atoms. The minimum Gasteiger partial charge on any atom is -0.486 e. The lowest BCUT2D eigenvalue weighted by Gasteiger charge is -2.19. The van der Waals surface area contributed by atoms with Gasteiger partial charge in [-0.05, 0) is 24.6 Å². The first-order valence-corrected chi connectivity index (χ1v) is 5.81. The summed E-state index contributed by atoms with van der Waals surface area (Å²) >= 11 is 0. The van der Waals surface area contributed by atoms with Crippen LogP contribution in [0.2, 0.25) is 0 Å². The first kappa shape index (κ1) is 11.3. The largest absolute Gasteiger partial charge is 0.486 e. The van der Waals surface area contributed by atoms with Crippen LogP contribution >= 0.6 is 0 Å². The van der Waals surface area contributed by atoms with Gasteiger partial charge in [0, 0.05) is 0 Å². The van der Waals surface area contributed by atoms with E-state index in [1.807, 2.05) is 25.1 Å². The maximum absolute atomic E-state index is 11.4. The van der Waals surface area contributed by atoms with Crippen molar-refractivity contribution >= 4 is 5.97 Å². The predicted octanol–water partition coefficient (Wildman–Crippen LogP) is 1.24. The highest BCUT2D eigenvalue weighted by Crippen LogP contribution is 2.48. The summed E-state index contributed by atoms with van der Waals surface area (Å²) in [5.74, 6) is 1.07. The van der Waals surface area contributed by atoms with E-state index in [0.29, 0.717) is 19.0 Å². The number of epoxide rings is 1. The van der Waals surface area contributed by atoms with Gasteiger partial charge in [0.15, 0.2) is 17.6 Å². The first-order chi connectivity index (χ1) is 8.65. The number of esters is 1. The van der Waals surface area contributed by atoms with E-state index < -0.39 is 11.7 Å². The van der Waals surface area contributed by atoms with Crippen LogP contribution in [0.25, 0.3) is 0 Å². The van der Waals surface area contributed by atoms with Crippen molar-refractivity contribution in [3.05, 3.63) is 23.8 Å². The van der Waals surface area contributed by atoms with Gasteiger partial charge in [-0.25, -0.2) is 4.79 Å². The average Bonchev–Trinajstić information content (AvgIpc) is 3.11. The number of carbonyl (C=O) groups excluding carboxylic acids is 1. The molecule has 0 amide bonds. The maximum atomic E-state index is 11.4. The van der Waals surface area contributed by atoms with E-state index in [0.717, 1.165) is 11.3 Å². The molecule has 1 aromatic carbocycles. The second-order valence-corrected chi connectivity index (χ2v) is 4.49. The van der Waals surface area contributed by atoms with Crippen LogP contribution in [-0.2, 0) is 19.9 Å². The van der Waals surface area contributed by atoms with Crippen molar-refractivity contribution < 1.29 is 23.7 Å². The molecule has 0 radical (unpaired) electrons. The van der Waals surface area contributed by atoms with Crippen LogP contribution in [0.4, 0.5) is 0 Å². The molecule has 0 N–H and O–H groups in total. The molecule has 0 spiro atoms. The number of methoxy groups -OCH3 is 1. The summed E-state index contributed by atoms with van der Waals surface area (Å²) in [7, 11) is 1.36. The molecule has 1 fully saturated rings. The minimum absolute atomic E-state index is 0.354. The van der Waals surface area contributed by atoms with Crippen molar-refractivity contribution in [2.45, 2.75) is 18.6 Å². The fourth-order valence-corrected chi connectivity index (χ4v) is 2.16. The number of rotatable bonds is 2. The van der Waals surface area contributed by atoms with Crippen LogP contribution in [0.5, 0.6) is 11.5 Å². The Hall–Kier alpha value is -1.75. The van der Waals surface area contributed by atoms with Crippen molar-refractivity contribution in [2.75, 3.05) is 20.3 Å². The number of benzene rings is 1. The molecule has 2 aliphatic heterocycles. The van der Waals surface area contributed by atoms with Gasteiger partial charge in [0.1, 0.15) is 18.8 Å². The Bertz CT molecular complexity index is 498. The lowest BCUT2D eigenvalue weighted by molar-refractivity contribution is -0.142. The van der Waals surface area contributed by atoms with Crippen LogP contribution in [-0.4, -0.2) is 32.4 Å². The molecule has 0 aliphatic carbocycles. The highest BCUT2D eigenvalue weighted by atomic mass is 16.7. The Morgan fingerprint density at radius 2 is 2.06 bits per heavy atom. The Kier molecular flexibility index (Phi) is 2.45. The number of fused-ring (bicyclic) bond motifs is 1. The summed E-state index contributed by atoms with van der Waals surface area (Å²) in [5.41, 5.74) is 0.269. The normalized spacial score (nSPS) is 28.7. The van der Waals surface area contributed by atoms with E-state index in [2.05, 4.69) is 4.74 Å². The van der Waals surface area contributed by atoms with E-state index in [-0.39, 0.29) is 5.97 Å². The molecular formula is C13H14O5. The Morgan fingerprint density at radius 1 is 1.33 bits per heavy atom. The third kappa shape index (κ3) is 1.62. The Balaban J connectivity index is 1.88. The molecule has 96 valence electrons. The Labute approximate surface area is 105 Å². The van der Waals surface area contributed by atoms with E-state index in [1.54, 1.807) is 0 Å². The van der Waals surface area contributed by atoms with Gasteiger partial charge in [0.05, 0.1) is 7.11 Å². The molecule has 1 saturated heterocycles. The standard InChI is InChI=1S/C13H14O5/c1-13(11(18-13)12(14)15-2)8-3-4-9-10(7-8)17-6-5-16-9/h3-4,7,11H,5-6H2,1-2H3. The zero-order valence-electron chi connectivity index (χ0n) is 10.3. The Morgan fingerprint density at radius 3 is 2.78 bits per heavy atom. The molecule has 0 aromatic heterocycles. The summed E-state index contributed by atoms with van der Waals surface area (Å²) in [6.07, 6.45) is -0.537. The molecule has 3 rings (SSSR count). The summed E-state index contributed by atoms with van der Waals surface area (Å²) in [4.78, 5) is 11.4. The van der Waals surface area contributed by atoms with Gasteiger partial charge >= 0.3 is 5.97 Å². The maximum Gasteiger partial charge on any atom is 0.338 e. The quantitative estimate of drug-likeness (QED) is 0.584. The highest BCUT2D eigenvalue weighted by molar-refractivity contribution is 5.79. The van der Waals surface area contributed by atoms with Gasteiger partial charge in [0.25, 0.3) is 0 Å². The van der Waals surface area contributed by atoms with Crippen molar-refractivity contribution in [3.8, 4) is 11.5 Å². The third-order valence-electron chi connectivity index (χ3n) is 3.34. The van der Waals surface area contributed by atoms with Gasteiger partial charge in [-0.2, -0.15) is 0 Å². The van der Waals surface area contributed by atoms with Crippen molar-refractivity contribution in [1.29, 1.82) is 0 Å². The SMILES string of the molecule is COC(=O)C1OC1(C)c1ccc2c(c1)OCCO2. The number of ether oxygens (including phenoxy) is 4. The van der Waals surface area contributed by atoms with Crippen LogP contribution in [0.15, 0.2) is 18.2 Å². The number of hydrogen-bond acceptors (Lipinski definition) is 5. The van der Waals surface area contributed by atoms with E-state index >= 15 is 0 Å². The molecule has 2 atom stereocenters. The molecule has 5 nitrogen and oxygen atoms in total. The first-order valence-electron chi connectivity index (χ1n) is 5.81. The van der Waals surface area contributed by atoms with Crippen LogP contribution in [0.1, 0.15) is 12.5 Å². The molecule has 1 aromatic rings. The summed E-state index contributed by atoms with van der Waals surface area (Å²) < 4.78 is 21.1. The summed E-state index contributed by atoms with van der Waals surface area (Å²) in [6, 6.07) is 5.58. The third-order valence-corrected chi connectivity index (χ3v) is 3.34. The van der Waals surface area contributed by atoms with Crippen molar-refractivity contribution in [1.82, 2.24) is 0 Å². The molecule has 2 aliphatic rings. The lowest BCUT2D eigenvalue weighted by Crippen LogP contribution is -2.19. The fraction of sp³-hybridized carbons (Fsp3) is 0.462. The molecule has 0 saturated carbocycles. The van der Waals surface area contributed by atoms with Crippen molar-refractivity contribution in [2.24, 2.45) is 0 Å². The number of carbonyl (C=O) groups is 1. The predicted molar refractivity (Wildman–Crippen MR) is 61.7 cm³/mol. The van der Waals surface area contributed by atoms with E-state index in [9.17, 15) is 4.79 Å². The topological polar surface area (TPSA) is 57.3 Å². The molecule has 5 heteroatoms. The van der Waals surface area contributed by atoms with Gasteiger partial charge in [-0.1, -0.05) is 6.07 Å². The van der Waals surface area contributed by atoms with Gasteiger partial charge < -0.3 is 18.9 Å². The zero-order chi connectivity index (χ0) is 12.8. The fourth-order valence-electron chi connectivity index (χ4n) is 2.16. The van der Waals surface area contributed by atoms with E-state index in [1.165, 1.54) is 7.11 Å². The molecule has 2 unspecified atom stereocenters. The molecular weight excluding hydrogens is 236 g/mol. The second kappa shape index (κ2) is 3.88. The molecule has 0 bridgehead atoms. The minimum atomic E-state index is -0.622. The van der Waals surface area contributed by atoms with Crippen LogP contribution in [0, 0.1) is 0 Å². The average molecular weight is 250 g/mol. The second-order valence-electron chi connectivity index (χ2n) is 4.49. The van der Waals surface area contributed by atoms with Crippen molar-refractivity contribution in [3.63, 3.8) is 0 Å². The monoisotopic (exact) mass is 250 g/mol. The van der Waals surface area contributed by atoms with Gasteiger partial charge in [-0.15, -0.1) is 0 Å². The zero-order valence-corrected chi connectivity index (χ0v) is 10.3. The van der Waals surface area contributed by atoms with Gasteiger partial charge in [0.2, 0.25) is 0 Å². The van der Waals surface area contributed by atoms with Gasteiger partial charge in [-0.3, -0.25) is 0 Å². The van der Waals surface area contributed by atoms with Crippen LogP contribution < -0.4 is 9.47 Å². The van der Waals surface area contributed by atoms with E-state index in [4.69, 9.17) is 14.2 Å².